The molecule has 3 rings (SSSR count). The van der Waals surface area contributed by atoms with Gasteiger partial charge >= 0.3 is 5.97 Å². The molecule has 0 amide bonds. The third-order valence-corrected chi connectivity index (χ3v) is 5.03. The molecule has 138 valence electrons. The number of ether oxygens (including phenoxy) is 1. The number of hydrogen-bond donors (Lipinski definition) is 1. The van der Waals surface area contributed by atoms with Crippen molar-refractivity contribution >= 4 is 34.9 Å². The van der Waals surface area contributed by atoms with Crippen molar-refractivity contribution in [3.63, 3.8) is 0 Å². The van der Waals surface area contributed by atoms with Crippen LogP contribution in [0.2, 0.25) is 5.02 Å². The number of nitrogens with one attached hydrogen (secondary N) is 1. The Morgan fingerprint density at radius 1 is 1.35 bits per heavy atom. The highest BCUT2D eigenvalue weighted by Crippen LogP contribution is 2.29. The van der Waals surface area contributed by atoms with E-state index in [1.54, 1.807) is 24.5 Å². The largest absolute Gasteiger partial charge is 0.465 e. The number of carbonyl (C=O) groups excluding carboxylic acids is 1. The van der Waals surface area contributed by atoms with Crippen molar-refractivity contribution in [3.8, 4) is 0 Å². The number of rotatable bonds is 5. The van der Waals surface area contributed by atoms with E-state index >= 15 is 0 Å². The minimum absolute atomic E-state index is 0.410. The summed E-state index contributed by atoms with van der Waals surface area (Å²) in [4.78, 5) is 22.8. The number of hydrogen-bond acceptors (Lipinski definition) is 6. The van der Waals surface area contributed by atoms with Gasteiger partial charge < -0.3 is 15.0 Å². The second-order valence-electron chi connectivity index (χ2n) is 6.32. The Morgan fingerprint density at radius 2 is 2.19 bits per heavy atom. The minimum Gasteiger partial charge on any atom is -0.465 e. The zero-order chi connectivity index (χ0) is 18.5. The summed E-state index contributed by atoms with van der Waals surface area (Å²) < 4.78 is 4.76. The normalized spacial score (nSPS) is 17.0. The Labute approximate surface area is 158 Å². The molecular weight excluding hydrogens is 352 g/mol. The minimum atomic E-state index is -0.410. The maximum absolute atomic E-state index is 11.7. The van der Waals surface area contributed by atoms with Gasteiger partial charge in [-0.15, -0.1) is 0 Å². The number of carbonyl (C=O) groups is 1. The summed E-state index contributed by atoms with van der Waals surface area (Å²) in [6.07, 6.45) is 6.28. The second kappa shape index (κ2) is 8.36. The van der Waals surface area contributed by atoms with E-state index in [0.29, 0.717) is 28.1 Å². The van der Waals surface area contributed by atoms with E-state index in [1.807, 2.05) is 6.07 Å². The van der Waals surface area contributed by atoms with Crippen molar-refractivity contribution in [2.75, 3.05) is 23.9 Å². The highest BCUT2D eigenvalue weighted by atomic mass is 35.5. The Bertz CT molecular complexity index is 784. The summed E-state index contributed by atoms with van der Waals surface area (Å²) >= 11 is 6.26. The van der Waals surface area contributed by atoms with E-state index in [1.165, 1.54) is 26.4 Å². The van der Waals surface area contributed by atoms with Crippen molar-refractivity contribution in [1.82, 2.24) is 9.97 Å². The monoisotopic (exact) mass is 374 g/mol. The molecule has 1 atom stereocenters. The molecule has 1 unspecified atom stereocenters. The number of benzene rings is 1. The van der Waals surface area contributed by atoms with Crippen molar-refractivity contribution in [2.45, 2.75) is 38.6 Å². The summed E-state index contributed by atoms with van der Waals surface area (Å²) in [5, 5.41) is 3.69. The first-order valence-corrected chi connectivity index (χ1v) is 9.23. The van der Waals surface area contributed by atoms with Crippen LogP contribution >= 0.6 is 11.6 Å². The fourth-order valence-corrected chi connectivity index (χ4v) is 3.47. The number of aromatic nitrogens is 2. The van der Waals surface area contributed by atoms with Gasteiger partial charge in [0, 0.05) is 18.7 Å². The number of methoxy groups -OCH3 is 1. The van der Waals surface area contributed by atoms with Crippen LogP contribution in [-0.4, -0.2) is 35.6 Å². The number of esters is 1. The molecule has 2 heterocycles. The van der Waals surface area contributed by atoms with Crippen LogP contribution in [0.4, 0.5) is 17.3 Å². The van der Waals surface area contributed by atoms with Gasteiger partial charge in [0.05, 0.1) is 23.4 Å². The Hall–Kier alpha value is -2.34. The predicted octanol–water partition coefficient (Wildman–Crippen LogP) is 4.43. The summed E-state index contributed by atoms with van der Waals surface area (Å²) in [5.41, 5.74) is 1.03. The van der Waals surface area contributed by atoms with Crippen LogP contribution in [0.3, 0.4) is 0 Å². The molecule has 0 aliphatic carbocycles. The van der Waals surface area contributed by atoms with Crippen LogP contribution in [0.25, 0.3) is 0 Å². The van der Waals surface area contributed by atoms with E-state index in [4.69, 9.17) is 16.3 Å². The average Bonchev–Trinajstić information content (AvgIpc) is 2.69. The summed E-state index contributed by atoms with van der Waals surface area (Å²) in [5.74, 6) is 1.14. The van der Waals surface area contributed by atoms with Crippen molar-refractivity contribution in [2.24, 2.45) is 0 Å². The number of piperidine rings is 1. The molecule has 1 fully saturated rings. The molecule has 0 bridgehead atoms. The summed E-state index contributed by atoms with van der Waals surface area (Å²) in [6, 6.07) is 7.39. The fraction of sp³-hybridized carbons (Fsp3) is 0.421. The quantitative estimate of drug-likeness (QED) is 0.781. The summed E-state index contributed by atoms with van der Waals surface area (Å²) in [6.45, 7) is 3.22. The molecule has 1 aromatic carbocycles. The lowest BCUT2D eigenvalue weighted by atomic mass is 10.0. The number of anilines is 3. The average molecular weight is 375 g/mol. The van der Waals surface area contributed by atoms with Gasteiger partial charge in [-0.2, -0.15) is 0 Å². The SMILES string of the molecule is CCC1CCCCN1c1cc(Nc2cc(C(=O)OC)ccc2Cl)ncn1. The fourth-order valence-electron chi connectivity index (χ4n) is 3.30. The van der Waals surface area contributed by atoms with Crippen LogP contribution in [0.1, 0.15) is 43.0 Å². The van der Waals surface area contributed by atoms with Crippen LogP contribution in [0.5, 0.6) is 0 Å². The van der Waals surface area contributed by atoms with Gasteiger partial charge in [-0.1, -0.05) is 18.5 Å². The molecule has 1 N–H and O–H groups in total. The van der Waals surface area contributed by atoms with Gasteiger partial charge in [0.15, 0.2) is 0 Å². The van der Waals surface area contributed by atoms with Gasteiger partial charge in [0.2, 0.25) is 0 Å². The highest BCUT2D eigenvalue weighted by Gasteiger charge is 2.22. The second-order valence-corrected chi connectivity index (χ2v) is 6.73. The Morgan fingerprint density at radius 3 is 2.96 bits per heavy atom. The molecule has 1 aliphatic heterocycles. The van der Waals surface area contributed by atoms with Crippen LogP contribution in [0, 0.1) is 0 Å². The first-order valence-electron chi connectivity index (χ1n) is 8.86. The standard InChI is InChI=1S/C19H23ClN4O2/c1-3-14-6-4-5-9-24(14)18-11-17(21-12-22-18)23-16-10-13(19(25)26-2)7-8-15(16)20/h7-8,10-12,14H,3-6,9H2,1-2H3,(H,21,22,23). The topological polar surface area (TPSA) is 67.4 Å². The molecule has 7 heteroatoms. The van der Waals surface area contributed by atoms with Crippen molar-refractivity contribution in [3.05, 3.63) is 41.2 Å². The first-order chi connectivity index (χ1) is 12.6. The lowest BCUT2D eigenvalue weighted by Gasteiger charge is -2.36. The Balaban J connectivity index is 1.84. The molecule has 0 saturated carbocycles. The van der Waals surface area contributed by atoms with Gasteiger partial charge in [-0.05, 0) is 43.9 Å². The van der Waals surface area contributed by atoms with E-state index in [9.17, 15) is 4.79 Å². The van der Waals surface area contributed by atoms with Crippen molar-refractivity contribution < 1.29 is 9.53 Å². The van der Waals surface area contributed by atoms with Gasteiger partial charge in [-0.25, -0.2) is 14.8 Å². The molecule has 2 aromatic rings. The van der Waals surface area contributed by atoms with E-state index < -0.39 is 5.97 Å². The molecule has 1 aromatic heterocycles. The zero-order valence-electron chi connectivity index (χ0n) is 15.0. The van der Waals surface area contributed by atoms with E-state index in [2.05, 4.69) is 27.1 Å². The highest BCUT2D eigenvalue weighted by molar-refractivity contribution is 6.33. The first kappa shape index (κ1) is 18.5. The predicted molar refractivity (Wildman–Crippen MR) is 103 cm³/mol. The van der Waals surface area contributed by atoms with Crippen molar-refractivity contribution in [1.29, 1.82) is 0 Å². The third-order valence-electron chi connectivity index (χ3n) is 4.70. The number of nitrogens with zero attached hydrogens (tertiary/aromatic N) is 3. The lowest BCUT2D eigenvalue weighted by molar-refractivity contribution is 0.0601. The lowest BCUT2D eigenvalue weighted by Crippen LogP contribution is -2.39. The zero-order valence-corrected chi connectivity index (χ0v) is 15.8. The molecular formula is C19H23ClN4O2. The smallest absolute Gasteiger partial charge is 0.337 e. The van der Waals surface area contributed by atoms with Gasteiger partial charge in [0.1, 0.15) is 18.0 Å². The number of halogens is 1. The van der Waals surface area contributed by atoms with Gasteiger partial charge in [0.25, 0.3) is 0 Å². The van der Waals surface area contributed by atoms with Gasteiger partial charge in [-0.3, -0.25) is 0 Å². The van der Waals surface area contributed by atoms with Crippen LogP contribution in [-0.2, 0) is 4.74 Å². The van der Waals surface area contributed by atoms with Crippen LogP contribution < -0.4 is 10.2 Å². The van der Waals surface area contributed by atoms with E-state index in [0.717, 1.165) is 18.8 Å². The molecule has 0 spiro atoms. The Kier molecular flexibility index (Phi) is 5.93. The molecule has 0 radical (unpaired) electrons. The van der Waals surface area contributed by atoms with E-state index in [-0.39, 0.29) is 0 Å². The third kappa shape index (κ3) is 4.07. The molecule has 6 nitrogen and oxygen atoms in total. The molecule has 1 saturated heterocycles. The van der Waals surface area contributed by atoms with Crippen LogP contribution in [0.15, 0.2) is 30.6 Å². The maximum atomic E-state index is 11.7. The molecule has 26 heavy (non-hydrogen) atoms. The maximum Gasteiger partial charge on any atom is 0.337 e. The molecule has 1 aliphatic rings. The summed E-state index contributed by atoms with van der Waals surface area (Å²) in [7, 11) is 1.35.